The number of nitrogens with two attached hydrogens (primary N) is 3. The summed E-state index contributed by atoms with van der Waals surface area (Å²) in [5.74, 6) is -0.602. The molecule has 0 radical (unpaired) electrons. The van der Waals surface area contributed by atoms with Gasteiger partial charge >= 0.3 is 12.4 Å². The first-order valence-corrected chi connectivity index (χ1v) is 3.78. The maximum Gasteiger partial charge on any atom is 0.337 e. The molecule has 9 heteroatoms. The quantitative estimate of drug-likeness (QED) is 0.235. The van der Waals surface area contributed by atoms with E-state index in [9.17, 15) is 9.59 Å². The van der Waals surface area contributed by atoms with Gasteiger partial charge in [0.25, 0.3) is 0 Å². The molecule has 0 fully saturated rings. The molecule has 0 unspecified atom stereocenters. The Morgan fingerprint density at radius 2 is 1.50 bits per heavy atom. The summed E-state index contributed by atoms with van der Waals surface area (Å²) in [5, 5.41) is 0. The Balaban J connectivity index is 0.000000293. The van der Waals surface area contributed by atoms with Crippen molar-refractivity contribution in [1.29, 1.82) is 0 Å². The molecule has 0 spiro atoms. The minimum Gasteiger partial charge on any atom is -0.392 e. The van der Waals surface area contributed by atoms with Crippen LogP contribution in [0, 0.1) is 0 Å². The monoisotopic (exact) mass is 226 g/mol. The predicted octanol–water partition coefficient (Wildman–Crippen LogP) is -1.51. The predicted molar refractivity (Wildman–Crippen MR) is 55.4 cm³/mol. The van der Waals surface area contributed by atoms with Crippen molar-refractivity contribution in [3.63, 3.8) is 0 Å². The van der Waals surface area contributed by atoms with Crippen LogP contribution < -0.4 is 17.2 Å². The Morgan fingerprint density at radius 3 is 1.69 bits per heavy atom. The largest absolute Gasteiger partial charge is 0.392 e. The summed E-state index contributed by atoms with van der Waals surface area (Å²) >= 11 is 0. The third-order valence-electron chi connectivity index (χ3n) is 1.02. The van der Waals surface area contributed by atoms with Gasteiger partial charge in [-0.2, -0.15) is 15.0 Å². The van der Waals surface area contributed by atoms with Crippen LogP contribution in [0.1, 0.15) is 0 Å². The van der Waals surface area contributed by atoms with Gasteiger partial charge in [-0.15, -0.1) is 0 Å². The zero-order chi connectivity index (χ0) is 12.6. The summed E-state index contributed by atoms with van der Waals surface area (Å²) in [4.78, 5) is 29.6. The lowest BCUT2D eigenvalue weighted by Gasteiger charge is -1.93. The van der Waals surface area contributed by atoms with Gasteiger partial charge < -0.3 is 21.9 Å². The molecule has 1 heterocycles. The topological polar surface area (TPSA) is 160 Å². The van der Waals surface area contributed by atoms with E-state index < -0.39 is 5.97 Å². The van der Waals surface area contributed by atoms with Gasteiger partial charge in [-0.05, 0) is 0 Å². The van der Waals surface area contributed by atoms with Crippen LogP contribution >= 0.6 is 0 Å². The Bertz CT molecular complexity index is 343. The molecule has 9 nitrogen and oxygen atoms in total. The third-order valence-corrected chi connectivity index (χ3v) is 1.02. The maximum absolute atomic E-state index is 9.84. The van der Waals surface area contributed by atoms with Crippen molar-refractivity contribution in [3.8, 4) is 0 Å². The number of hydrogen-bond donors (Lipinski definition) is 3. The second kappa shape index (κ2) is 6.70. The van der Waals surface area contributed by atoms with Crippen LogP contribution in [0.2, 0.25) is 0 Å². The van der Waals surface area contributed by atoms with Gasteiger partial charge in [0, 0.05) is 6.08 Å². The number of esters is 1. The van der Waals surface area contributed by atoms with Gasteiger partial charge in [-0.25, -0.2) is 4.79 Å². The van der Waals surface area contributed by atoms with E-state index in [-0.39, 0.29) is 24.3 Å². The lowest BCUT2D eigenvalue weighted by molar-refractivity contribution is -0.147. The van der Waals surface area contributed by atoms with Crippen molar-refractivity contribution in [1.82, 2.24) is 15.0 Å². The fraction of sp³-hybridized carbons (Fsp3) is 0. The molecule has 0 saturated carbocycles. The van der Waals surface area contributed by atoms with Crippen molar-refractivity contribution >= 4 is 30.3 Å². The first kappa shape index (κ1) is 13.3. The second-order valence-electron chi connectivity index (χ2n) is 2.15. The van der Waals surface area contributed by atoms with Crippen LogP contribution in [0.25, 0.3) is 0 Å². The molecule has 0 amide bonds. The number of nitrogens with zero attached hydrogens (tertiary/aromatic N) is 3. The number of carbonyl (C=O) groups excluding carboxylic acids is 2. The van der Waals surface area contributed by atoms with Crippen LogP contribution in [0.3, 0.4) is 0 Å². The molecule has 1 rings (SSSR count). The van der Waals surface area contributed by atoms with Gasteiger partial charge in [0.1, 0.15) is 0 Å². The lowest BCUT2D eigenvalue weighted by Crippen LogP contribution is -2.05. The number of anilines is 3. The summed E-state index contributed by atoms with van der Waals surface area (Å²) in [7, 11) is 0. The molecule has 1 aromatic rings. The molecule has 0 aliphatic rings. The van der Waals surface area contributed by atoms with E-state index in [0.29, 0.717) is 0 Å². The molecule has 0 atom stereocenters. The highest BCUT2D eigenvalue weighted by molar-refractivity contribution is 5.85. The molecule has 16 heavy (non-hydrogen) atoms. The first-order valence-electron chi connectivity index (χ1n) is 3.78. The molecule has 86 valence electrons. The fourth-order valence-electron chi connectivity index (χ4n) is 0.523. The SMILES string of the molecule is C=CC(=O)OC=O.Nc1nc(N)nc(N)n1. The molecule has 0 aliphatic carbocycles. The molecule has 6 N–H and O–H groups in total. The van der Waals surface area contributed by atoms with Gasteiger partial charge in [0.15, 0.2) is 0 Å². The summed E-state index contributed by atoms with van der Waals surface area (Å²) in [6, 6.07) is 0. The normalized spacial score (nSPS) is 8.25. The summed E-state index contributed by atoms with van der Waals surface area (Å²) in [5.41, 5.74) is 15.4. The molecular formula is C7H10N6O3. The number of carbonyl (C=O) groups is 2. The van der Waals surface area contributed by atoms with Crippen LogP contribution in [0.4, 0.5) is 17.8 Å². The Hall–Kier alpha value is -2.71. The highest BCUT2D eigenvalue weighted by Gasteiger charge is 1.93. The van der Waals surface area contributed by atoms with E-state index in [1.54, 1.807) is 0 Å². The summed E-state index contributed by atoms with van der Waals surface area (Å²) in [6.07, 6.45) is 0.911. The summed E-state index contributed by atoms with van der Waals surface area (Å²) in [6.45, 7) is 3.11. The van der Waals surface area contributed by atoms with Crippen molar-refractivity contribution < 1.29 is 14.3 Å². The summed E-state index contributed by atoms with van der Waals surface area (Å²) < 4.78 is 3.75. The van der Waals surface area contributed by atoms with Crippen LogP contribution in [0.15, 0.2) is 12.7 Å². The number of nitrogen functional groups attached to an aromatic ring is 3. The van der Waals surface area contributed by atoms with Crippen LogP contribution in [0.5, 0.6) is 0 Å². The van der Waals surface area contributed by atoms with E-state index >= 15 is 0 Å². The molecule has 0 aliphatic heterocycles. The standard InChI is InChI=1S/C4H4O3.C3H6N6/c1-2-4(6)7-3-5;4-1-7-2(5)9-3(6)8-1/h2-3H,1H2;(H6,4,5,6,7,8,9). The molecule has 0 aromatic carbocycles. The zero-order valence-corrected chi connectivity index (χ0v) is 8.16. The highest BCUT2D eigenvalue weighted by Crippen LogP contribution is 1.97. The van der Waals surface area contributed by atoms with E-state index in [0.717, 1.165) is 6.08 Å². The van der Waals surface area contributed by atoms with Crippen LogP contribution in [-0.4, -0.2) is 27.4 Å². The Morgan fingerprint density at radius 1 is 1.12 bits per heavy atom. The van der Waals surface area contributed by atoms with E-state index in [1.807, 2.05) is 0 Å². The van der Waals surface area contributed by atoms with Gasteiger partial charge in [0.2, 0.25) is 17.8 Å². The lowest BCUT2D eigenvalue weighted by atomic mass is 10.7. The third kappa shape index (κ3) is 5.85. The maximum atomic E-state index is 9.84. The molecule has 0 bridgehead atoms. The van der Waals surface area contributed by atoms with E-state index in [4.69, 9.17) is 17.2 Å². The van der Waals surface area contributed by atoms with Gasteiger partial charge in [-0.1, -0.05) is 6.58 Å². The van der Waals surface area contributed by atoms with Crippen LogP contribution in [-0.2, 0) is 14.3 Å². The first-order chi connectivity index (χ1) is 7.49. The minimum absolute atomic E-state index is 0.0417. The Kier molecular flexibility index (Phi) is 5.57. The smallest absolute Gasteiger partial charge is 0.337 e. The molecule has 1 aromatic heterocycles. The van der Waals surface area contributed by atoms with Gasteiger partial charge in [-0.3, -0.25) is 4.79 Å². The second-order valence-corrected chi connectivity index (χ2v) is 2.15. The van der Waals surface area contributed by atoms with E-state index in [1.165, 1.54) is 0 Å². The average molecular weight is 226 g/mol. The van der Waals surface area contributed by atoms with Crippen molar-refractivity contribution in [2.24, 2.45) is 0 Å². The highest BCUT2D eigenvalue weighted by atomic mass is 16.6. The van der Waals surface area contributed by atoms with Gasteiger partial charge in [0.05, 0.1) is 0 Å². The zero-order valence-electron chi connectivity index (χ0n) is 8.16. The van der Waals surface area contributed by atoms with Crippen molar-refractivity contribution in [2.45, 2.75) is 0 Å². The number of ether oxygens (including phenoxy) is 1. The number of aromatic nitrogens is 3. The van der Waals surface area contributed by atoms with Crippen molar-refractivity contribution in [2.75, 3.05) is 17.2 Å². The average Bonchev–Trinajstić information content (AvgIpc) is 2.16. The Labute approximate surface area is 90.3 Å². The fourth-order valence-corrected chi connectivity index (χ4v) is 0.523. The molecular weight excluding hydrogens is 216 g/mol. The number of rotatable bonds is 2. The van der Waals surface area contributed by atoms with Crippen molar-refractivity contribution in [3.05, 3.63) is 12.7 Å². The van der Waals surface area contributed by atoms with E-state index in [2.05, 4.69) is 26.3 Å². The number of hydrogen-bond acceptors (Lipinski definition) is 9. The molecule has 0 saturated heterocycles. The minimum atomic E-state index is -0.727.